The van der Waals surface area contributed by atoms with Crippen molar-refractivity contribution in [1.82, 2.24) is 4.90 Å². The van der Waals surface area contributed by atoms with Crippen LogP contribution in [0.2, 0.25) is 0 Å². The summed E-state index contributed by atoms with van der Waals surface area (Å²) in [4.78, 5) is 14.1. The molecule has 0 bridgehead atoms. The van der Waals surface area contributed by atoms with Gasteiger partial charge >= 0.3 is 0 Å². The molecule has 1 rings (SSSR count). The maximum Gasteiger partial charge on any atom is 0.253 e. The van der Waals surface area contributed by atoms with Crippen LogP contribution in [0.1, 0.15) is 49.0 Å². The summed E-state index contributed by atoms with van der Waals surface area (Å²) in [6.07, 6.45) is 2.39. The van der Waals surface area contributed by atoms with Crippen LogP contribution in [0.4, 0.5) is 0 Å². The summed E-state index contributed by atoms with van der Waals surface area (Å²) in [5, 5.41) is 8.67. The highest BCUT2D eigenvalue weighted by molar-refractivity contribution is 5.94. The lowest BCUT2D eigenvalue weighted by atomic mass is 10.1. The first-order valence-corrected chi connectivity index (χ1v) is 7.11. The van der Waals surface area contributed by atoms with E-state index in [9.17, 15) is 4.79 Å². The Kier molecular flexibility index (Phi) is 6.83. The molecule has 1 aromatic rings. The average molecular weight is 273 g/mol. The van der Waals surface area contributed by atoms with Crippen molar-refractivity contribution in [2.24, 2.45) is 0 Å². The van der Waals surface area contributed by atoms with Gasteiger partial charge in [-0.2, -0.15) is 0 Å². The molecule has 0 aliphatic heterocycles. The van der Waals surface area contributed by atoms with Crippen molar-refractivity contribution >= 4 is 5.91 Å². The van der Waals surface area contributed by atoms with E-state index in [2.05, 4.69) is 25.7 Å². The Bertz CT molecular complexity index is 478. The van der Waals surface area contributed by atoms with Gasteiger partial charge in [-0.1, -0.05) is 25.7 Å². The fraction of sp³-hybridized carbons (Fsp3) is 0.471. The number of carbonyl (C=O) groups excluding carboxylic acids is 1. The molecule has 0 aromatic heterocycles. The fourth-order valence-electron chi connectivity index (χ4n) is 2.12. The summed E-state index contributed by atoms with van der Waals surface area (Å²) in [5.41, 5.74) is 1.55. The molecule has 3 nitrogen and oxygen atoms in total. The second-order valence-electron chi connectivity index (χ2n) is 4.74. The normalized spacial score (nSPS) is 10.1. The monoisotopic (exact) mass is 273 g/mol. The van der Waals surface area contributed by atoms with Crippen LogP contribution < -0.4 is 0 Å². The second-order valence-corrected chi connectivity index (χ2v) is 4.74. The van der Waals surface area contributed by atoms with Crippen LogP contribution in [-0.2, 0) is 0 Å². The molecule has 0 heterocycles. The number of benzene rings is 1. The van der Waals surface area contributed by atoms with Crippen LogP contribution in [0.3, 0.4) is 0 Å². The summed E-state index contributed by atoms with van der Waals surface area (Å²) in [5.74, 6) is 5.86. The second kappa shape index (κ2) is 8.39. The molecule has 0 aliphatic carbocycles. The molecular formula is C17H23NO2. The van der Waals surface area contributed by atoms with E-state index >= 15 is 0 Å². The minimum Gasteiger partial charge on any atom is -0.395 e. The Balaban J connectivity index is 2.78. The molecule has 3 heteroatoms. The van der Waals surface area contributed by atoms with Crippen LogP contribution in [-0.4, -0.2) is 35.6 Å². The lowest BCUT2D eigenvalue weighted by Gasteiger charge is -2.26. The van der Waals surface area contributed by atoms with Gasteiger partial charge in [-0.05, 0) is 37.1 Å². The standard InChI is InChI=1S/C17H23NO2/c1-4-16(5-2)18(3)17(20)15-11-9-14(10-12-15)8-6-7-13-19/h9-12,16,19H,4-5,7,13H2,1-3H3. The van der Waals surface area contributed by atoms with Crippen molar-refractivity contribution in [1.29, 1.82) is 0 Å². The van der Waals surface area contributed by atoms with Crippen LogP contribution in [0.15, 0.2) is 24.3 Å². The number of amides is 1. The lowest BCUT2D eigenvalue weighted by molar-refractivity contribution is 0.0723. The van der Waals surface area contributed by atoms with Crippen molar-refractivity contribution in [3.63, 3.8) is 0 Å². The van der Waals surface area contributed by atoms with Crippen LogP contribution >= 0.6 is 0 Å². The summed E-state index contributed by atoms with van der Waals surface area (Å²) in [6.45, 7) is 4.26. The molecule has 1 amide bonds. The highest BCUT2D eigenvalue weighted by Crippen LogP contribution is 2.12. The smallest absolute Gasteiger partial charge is 0.253 e. The van der Waals surface area contributed by atoms with Gasteiger partial charge in [-0.15, -0.1) is 0 Å². The van der Waals surface area contributed by atoms with E-state index < -0.39 is 0 Å². The molecule has 0 saturated heterocycles. The molecule has 0 fully saturated rings. The van der Waals surface area contributed by atoms with E-state index in [1.165, 1.54) is 0 Å². The van der Waals surface area contributed by atoms with Crippen molar-refractivity contribution in [2.45, 2.75) is 39.2 Å². The minimum absolute atomic E-state index is 0.0496. The van der Waals surface area contributed by atoms with Gasteiger partial charge in [0.2, 0.25) is 0 Å². The van der Waals surface area contributed by atoms with Gasteiger partial charge in [0.05, 0.1) is 6.61 Å². The predicted molar refractivity (Wildman–Crippen MR) is 81.5 cm³/mol. The van der Waals surface area contributed by atoms with E-state index in [1.54, 1.807) is 0 Å². The molecule has 1 aromatic carbocycles. The Morgan fingerprint density at radius 2 is 1.85 bits per heavy atom. The van der Waals surface area contributed by atoms with Crippen LogP contribution in [0, 0.1) is 11.8 Å². The summed E-state index contributed by atoms with van der Waals surface area (Å²) in [6, 6.07) is 7.59. The number of carbonyl (C=O) groups is 1. The molecule has 20 heavy (non-hydrogen) atoms. The molecule has 0 radical (unpaired) electrons. The van der Waals surface area contributed by atoms with E-state index in [4.69, 9.17) is 5.11 Å². The molecule has 0 unspecified atom stereocenters. The number of rotatable bonds is 5. The van der Waals surface area contributed by atoms with Crippen LogP contribution in [0.5, 0.6) is 0 Å². The lowest BCUT2D eigenvalue weighted by Crippen LogP contribution is -2.36. The third-order valence-corrected chi connectivity index (χ3v) is 3.41. The largest absolute Gasteiger partial charge is 0.395 e. The molecule has 108 valence electrons. The number of nitrogens with zero attached hydrogens (tertiary/aromatic N) is 1. The van der Waals surface area contributed by atoms with Gasteiger partial charge < -0.3 is 10.0 Å². The van der Waals surface area contributed by atoms with E-state index in [-0.39, 0.29) is 18.6 Å². The third kappa shape index (κ3) is 4.40. The quantitative estimate of drug-likeness (QED) is 0.838. The highest BCUT2D eigenvalue weighted by atomic mass is 16.2. The van der Waals surface area contributed by atoms with Gasteiger partial charge in [-0.25, -0.2) is 0 Å². The zero-order chi connectivity index (χ0) is 15.0. The number of hydrogen-bond donors (Lipinski definition) is 1. The Hall–Kier alpha value is -1.79. The maximum absolute atomic E-state index is 12.3. The highest BCUT2D eigenvalue weighted by Gasteiger charge is 2.17. The predicted octanol–water partition coefficient (Wildman–Crippen LogP) is 2.68. The zero-order valence-electron chi connectivity index (χ0n) is 12.5. The molecule has 1 N–H and O–H groups in total. The molecule has 0 atom stereocenters. The Morgan fingerprint density at radius 1 is 1.25 bits per heavy atom. The van der Waals surface area contributed by atoms with E-state index in [0.29, 0.717) is 12.0 Å². The van der Waals surface area contributed by atoms with Crippen molar-refractivity contribution < 1.29 is 9.90 Å². The first kappa shape index (κ1) is 16.3. The van der Waals surface area contributed by atoms with Crippen molar-refractivity contribution in [3.05, 3.63) is 35.4 Å². The zero-order valence-corrected chi connectivity index (χ0v) is 12.5. The number of hydrogen-bond acceptors (Lipinski definition) is 2. The maximum atomic E-state index is 12.3. The van der Waals surface area contributed by atoms with Crippen molar-refractivity contribution in [3.8, 4) is 11.8 Å². The van der Waals surface area contributed by atoms with E-state index in [1.807, 2.05) is 36.2 Å². The van der Waals surface area contributed by atoms with Crippen molar-refractivity contribution in [2.75, 3.05) is 13.7 Å². The molecule has 0 spiro atoms. The third-order valence-electron chi connectivity index (χ3n) is 3.41. The first-order valence-electron chi connectivity index (χ1n) is 7.11. The minimum atomic E-state index is 0.0496. The van der Waals surface area contributed by atoms with Gasteiger partial charge in [0.1, 0.15) is 0 Å². The van der Waals surface area contributed by atoms with Gasteiger partial charge in [-0.3, -0.25) is 4.79 Å². The van der Waals surface area contributed by atoms with Crippen LogP contribution in [0.25, 0.3) is 0 Å². The number of aliphatic hydroxyl groups is 1. The first-order chi connectivity index (χ1) is 9.63. The SMILES string of the molecule is CCC(CC)N(C)C(=O)c1ccc(C#CCCO)cc1. The number of aliphatic hydroxyl groups excluding tert-OH is 1. The van der Waals surface area contributed by atoms with Gasteiger partial charge in [0.25, 0.3) is 5.91 Å². The van der Waals surface area contributed by atoms with Gasteiger partial charge in [0, 0.05) is 30.6 Å². The average Bonchev–Trinajstić information content (AvgIpc) is 2.48. The Labute approximate surface area is 121 Å². The molecule has 0 aliphatic rings. The molecular weight excluding hydrogens is 250 g/mol. The topological polar surface area (TPSA) is 40.5 Å². The summed E-state index contributed by atoms with van der Waals surface area (Å²) < 4.78 is 0. The summed E-state index contributed by atoms with van der Waals surface area (Å²) in [7, 11) is 1.86. The van der Waals surface area contributed by atoms with E-state index in [0.717, 1.165) is 18.4 Å². The molecule has 0 saturated carbocycles. The van der Waals surface area contributed by atoms with Gasteiger partial charge in [0.15, 0.2) is 0 Å². The summed E-state index contributed by atoms with van der Waals surface area (Å²) >= 11 is 0. The Morgan fingerprint density at radius 3 is 2.35 bits per heavy atom. The fourth-order valence-corrected chi connectivity index (χ4v) is 2.12.